The van der Waals surface area contributed by atoms with Crippen LogP contribution >= 0.6 is 15.9 Å². The van der Waals surface area contributed by atoms with Crippen LogP contribution in [0.2, 0.25) is 0 Å². The number of anilines is 2. The molecular formula is C19H19BrN2O2. The third-order valence-corrected chi connectivity index (χ3v) is 4.81. The summed E-state index contributed by atoms with van der Waals surface area (Å²) in [4.78, 5) is 27.4. The van der Waals surface area contributed by atoms with E-state index in [1.807, 2.05) is 42.5 Å². The van der Waals surface area contributed by atoms with Crippen molar-refractivity contribution in [3.8, 4) is 0 Å². The number of para-hydroxylation sites is 1. The van der Waals surface area contributed by atoms with Gasteiger partial charge in [0, 0.05) is 22.4 Å². The zero-order valence-electron chi connectivity index (χ0n) is 13.7. The fraction of sp³-hybridized carbons (Fsp3) is 0.263. The van der Waals surface area contributed by atoms with E-state index in [-0.39, 0.29) is 11.8 Å². The molecule has 124 valence electrons. The maximum atomic E-state index is 13.0. The molecule has 0 saturated heterocycles. The standard InChI is InChI=1S/C19H19BrN2O2/c1-19(2,17(23)21-15-8-5-7-14(20)12-15)18(24)22-11-10-13-6-3-4-9-16(13)22/h3-9,12H,10-11H2,1-2H3,(H,21,23). The number of carbonyl (C=O) groups is 2. The molecule has 0 saturated carbocycles. The van der Waals surface area contributed by atoms with Crippen LogP contribution in [0, 0.1) is 5.41 Å². The lowest BCUT2D eigenvalue weighted by atomic mass is 9.90. The Hall–Kier alpha value is -2.14. The minimum absolute atomic E-state index is 0.181. The second-order valence-corrected chi connectivity index (χ2v) is 7.34. The van der Waals surface area contributed by atoms with Gasteiger partial charge in [0.15, 0.2) is 0 Å². The van der Waals surface area contributed by atoms with E-state index in [4.69, 9.17) is 0 Å². The number of nitrogens with one attached hydrogen (secondary N) is 1. The quantitative estimate of drug-likeness (QED) is 0.810. The number of hydrogen-bond donors (Lipinski definition) is 1. The van der Waals surface area contributed by atoms with E-state index >= 15 is 0 Å². The van der Waals surface area contributed by atoms with Gasteiger partial charge in [-0.3, -0.25) is 9.59 Å². The summed E-state index contributed by atoms with van der Waals surface area (Å²) in [5, 5.41) is 2.83. The third kappa shape index (κ3) is 3.08. The van der Waals surface area contributed by atoms with Gasteiger partial charge in [-0.2, -0.15) is 0 Å². The first-order valence-corrected chi connectivity index (χ1v) is 8.66. The largest absolute Gasteiger partial charge is 0.325 e. The van der Waals surface area contributed by atoms with Crippen LogP contribution in [0.3, 0.4) is 0 Å². The van der Waals surface area contributed by atoms with Crippen LogP contribution < -0.4 is 10.2 Å². The van der Waals surface area contributed by atoms with Gasteiger partial charge in [-0.15, -0.1) is 0 Å². The van der Waals surface area contributed by atoms with E-state index in [2.05, 4.69) is 21.2 Å². The van der Waals surface area contributed by atoms with Gasteiger partial charge in [-0.1, -0.05) is 40.2 Å². The summed E-state index contributed by atoms with van der Waals surface area (Å²) in [5.74, 6) is -0.491. The number of fused-ring (bicyclic) bond motifs is 1. The first-order chi connectivity index (χ1) is 11.4. The fourth-order valence-corrected chi connectivity index (χ4v) is 3.24. The summed E-state index contributed by atoms with van der Waals surface area (Å²) in [6, 6.07) is 15.2. The summed E-state index contributed by atoms with van der Waals surface area (Å²) >= 11 is 3.38. The van der Waals surface area contributed by atoms with E-state index in [0.29, 0.717) is 12.2 Å². The SMILES string of the molecule is CC(C)(C(=O)Nc1cccc(Br)c1)C(=O)N1CCc2ccccc21. The molecule has 4 nitrogen and oxygen atoms in total. The van der Waals surface area contributed by atoms with Crippen LogP contribution in [0.5, 0.6) is 0 Å². The molecule has 1 heterocycles. The molecule has 2 amide bonds. The van der Waals surface area contributed by atoms with Crippen molar-refractivity contribution in [3.05, 3.63) is 58.6 Å². The van der Waals surface area contributed by atoms with Crippen molar-refractivity contribution in [1.82, 2.24) is 0 Å². The maximum Gasteiger partial charge on any atom is 0.242 e. The first-order valence-electron chi connectivity index (χ1n) is 7.86. The molecule has 0 aromatic heterocycles. The normalized spacial score (nSPS) is 13.5. The monoisotopic (exact) mass is 386 g/mol. The minimum Gasteiger partial charge on any atom is -0.325 e. The fourth-order valence-electron chi connectivity index (χ4n) is 2.84. The van der Waals surface area contributed by atoms with Gasteiger partial charge in [0.1, 0.15) is 5.41 Å². The maximum absolute atomic E-state index is 13.0. The highest BCUT2D eigenvalue weighted by Gasteiger charge is 2.41. The number of nitrogens with zero attached hydrogens (tertiary/aromatic N) is 1. The van der Waals surface area contributed by atoms with Crippen molar-refractivity contribution >= 4 is 39.1 Å². The molecule has 1 N–H and O–H groups in total. The van der Waals surface area contributed by atoms with Crippen LogP contribution in [0.25, 0.3) is 0 Å². The molecular weight excluding hydrogens is 368 g/mol. The summed E-state index contributed by atoms with van der Waals surface area (Å²) in [5.41, 5.74) is 1.57. The highest BCUT2D eigenvalue weighted by Crippen LogP contribution is 2.32. The predicted molar refractivity (Wildman–Crippen MR) is 99.1 cm³/mol. The summed E-state index contributed by atoms with van der Waals surface area (Å²) in [6.45, 7) is 3.96. The Kier molecular flexibility index (Phi) is 4.45. The second kappa shape index (κ2) is 6.40. The molecule has 0 bridgehead atoms. The van der Waals surface area contributed by atoms with Crippen molar-refractivity contribution in [2.24, 2.45) is 5.41 Å². The van der Waals surface area contributed by atoms with Gasteiger partial charge in [-0.05, 0) is 50.1 Å². The average Bonchev–Trinajstić information content (AvgIpc) is 2.98. The first kappa shape index (κ1) is 16.7. The molecule has 24 heavy (non-hydrogen) atoms. The molecule has 0 aliphatic carbocycles. The number of hydrogen-bond acceptors (Lipinski definition) is 2. The zero-order chi connectivity index (χ0) is 17.3. The highest BCUT2D eigenvalue weighted by atomic mass is 79.9. The molecule has 0 radical (unpaired) electrons. The lowest BCUT2D eigenvalue weighted by Crippen LogP contribution is -2.47. The zero-order valence-corrected chi connectivity index (χ0v) is 15.3. The molecule has 2 aromatic carbocycles. The van der Waals surface area contributed by atoms with Crippen molar-refractivity contribution in [2.45, 2.75) is 20.3 Å². The van der Waals surface area contributed by atoms with Gasteiger partial charge in [0.2, 0.25) is 11.8 Å². The van der Waals surface area contributed by atoms with E-state index in [1.54, 1.807) is 24.8 Å². The third-order valence-electron chi connectivity index (χ3n) is 4.32. The van der Waals surface area contributed by atoms with Crippen molar-refractivity contribution in [3.63, 3.8) is 0 Å². The van der Waals surface area contributed by atoms with Crippen molar-refractivity contribution in [2.75, 3.05) is 16.8 Å². The van der Waals surface area contributed by atoms with E-state index in [1.165, 1.54) is 0 Å². The molecule has 0 spiro atoms. The topological polar surface area (TPSA) is 49.4 Å². The van der Waals surface area contributed by atoms with Crippen molar-refractivity contribution < 1.29 is 9.59 Å². The number of benzene rings is 2. The van der Waals surface area contributed by atoms with Crippen LogP contribution in [-0.2, 0) is 16.0 Å². The minimum atomic E-state index is -1.15. The Bertz CT molecular complexity index is 801. The molecule has 2 aromatic rings. The van der Waals surface area contributed by atoms with Gasteiger partial charge in [-0.25, -0.2) is 0 Å². The number of halogens is 1. The van der Waals surface area contributed by atoms with Crippen LogP contribution in [0.4, 0.5) is 11.4 Å². The molecule has 3 rings (SSSR count). The van der Waals surface area contributed by atoms with Gasteiger partial charge < -0.3 is 10.2 Å². The van der Waals surface area contributed by atoms with E-state index < -0.39 is 5.41 Å². The van der Waals surface area contributed by atoms with Gasteiger partial charge in [0.05, 0.1) is 0 Å². The van der Waals surface area contributed by atoms with E-state index in [0.717, 1.165) is 22.1 Å². The lowest BCUT2D eigenvalue weighted by Gasteiger charge is -2.28. The highest BCUT2D eigenvalue weighted by molar-refractivity contribution is 9.10. The Labute approximate surface area is 150 Å². The molecule has 0 atom stereocenters. The van der Waals surface area contributed by atoms with Crippen LogP contribution in [-0.4, -0.2) is 18.4 Å². The molecule has 1 aliphatic heterocycles. The van der Waals surface area contributed by atoms with Crippen LogP contribution in [0.1, 0.15) is 19.4 Å². The summed E-state index contributed by atoms with van der Waals surface area (Å²) < 4.78 is 0.873. The van der Waals surface area contributed by atoms with Gasteiger partial charge in [0.25, 0.3) is 0 Å². The number of carbonyl (C=O) groups excluding carboxylic acids is 2. The summed E-state index contributed by atoms with van der Waals surface area (Å²) in [7, 11) is 0. The van der Waals surface area contributed by atoms with E-state index in [9.17, 15) is 9.59 Å². The molecule has 0 fully saturated rings. The molecule has 5 heteroatoms. The Morgan fingerprint density at radius 1 is 1.12 bits per heavy atom. The Balaban J connectivity index is 1.80. The number of amides is 2. The predicted octanol–water partition coefficient (Wildman–Crippen LogP) is 4.00. The second-order valence-electron chi connectivity index (χ2n) is 6.42. The average molecular weight is 387 g/mol. The molecule has 1 aliphatic rings. The smallest absolute Gasteiger partial charge is 0.242 e. The lowest BCUT2D eigenvalue weighted by molar-refractivity contribution is -0.136. The number of rotatable bonds is 3. The molecule has 0 unspecified atom stereocenters. The Morgan fingerprint density at radius 3 is 2.62 bits per heavy atom. The Morgan fingerprint density at radius 2 is 1.88 bits per heavy atom. The van der Waals surface area contributed by atoms with Crippen molar-refractivity contribution in [1.29, 1.82) is 0 Å². The summed E-state index contributed by atoms with van der Waals surface area (Å²) in [6.07, 6.45) is 0.825. The van der Waals surface area contributed by atoms with Crippen LogP contribution in [0.15, 0.2) is 53.0 Å². The van der Waals surface area contributed by atoms with Gasteiger partial charge >= 0.3 is 0 Å².